The Bertz CT molecular complexity index is 418. The van der Waals surface area contributed by atoms with Crippen molar-refractivity contribution in [2.45, 2.75) is 19.8 Å². The van der Waals surface area contributed by atoms with Crippen LogP contribution in [0.5, 0.6) is 0 Å². The summed E-state index contributed by atoms with van der Waals surface area (Å²) in [5.74, 6) is -0.452. The van der Waals surface area contributed by atoms with E-state index in [0.717, 1.165) is 5.56 Å². The summed E-state index contributed by atoms with van der Waals surface area (Å²) in [5, 5.41) is 2.66. The van der Waals surface area contributed by atoms with Gasteiger partial charge < -0.3 is 15.8 Å². The van der Waals surface area contributed by atoms with Crippen LogP contribution in [-0.2, 0) is 20.7 Å². The molecule has 18 heavy (non-hydrogen) atoms. The Kier molecular flexibility index (Phi) is 5.87. The van der Waals surface area contributed by atoms with Gasteiger partial charge in [0.05, 0.1) is 13.2 Å². The van der Waals surface area contributed by atoms with Crippen molar-refractivity contribution in [1.82, 2.24) is 0 Å². The summed E-state index contributed by atoms with van der Waals surface area (Å²) in [7, 11) is 0. The van der Waals surface area contributed by atoms with Gasteiger partial charge in [-0.1, -0.05) is 12.1 Å². The molecule has 0 fully saturated rings. The first-order chi connectivity index (χ1) is 8.65. The van der Waals surface area contributed by atoms with Crippen LogP contribution < -0.4 is 11.1 Å². The Morgan fingerprint density at radius 2 is 2.17 bits per heavy atom. The van der Waals surface area contributed by atoms with Gasteiger partial charge in [0.1, 0.15) is 0 Å². The molecule has 0 bridgehead atoms. The molecule has 98 valence electrons. The summed E-state index contributed by atoms with van der Waals surface area (Å²) in [6.07, 6.45) is 0.924. The molecule has 0 heterocycles. The van der Waals surface area contributed by atoms with Gasteiger partial charge in [-0.2, -0.15) is 0 Å². The number of esters is 1. The molecule has 1 amide bonds. The monoisotopic (exact) mass is 250 g/mol. The van der Waals surface area contributed by atoms with E-state index in [1.54, 1.807) is 13.0 Å². The van der Waals surface area contributed by atoms with Crippen LogP contribution in [0.3, 0.4) is 0 Å². The fourth-order valence-electron chi connectivity index (χ4n) is 1.50. The Hall–Kier alpha value is -1.88. The molecule has 0 saturated carbocycles. The molecule has 5 heteroatoms. The lowest BCUT2D eigenvalue weighted by Gasteiger charge is -2.06. The van der Waals surface area contributed by atoms with Crippen LogP contribution in [0.25, 0.3) is 0 Å². The van der Waals surface area contributed by atoms with E-state index in [9.17, 15) is 9.59 Å². The van der Waals surface area contributed by atoms with E-state index in [1.807, 2.05) is 18.2 Å². The highest BCUT2D eigenvalue weighted by molar-refractivity contribution is 5.92. The highest BCUT2D eigenvalue weighted by atomic mass is 16.5. The maximum atomic E-state index is 11.2. The van der Waals surface area contributed by atoms with E-state index < -0.39 is 0 Å². The third-order valence-corrected chi connectivity index (χ3v) is 2.32. The summed E-state index contributed by atoms with van der Waals surface area (Å²) in [6.45, 7) is 2.12. The number of hydrogen-bond donors (Lipinski definition) is 2. The zero-order valence-electron chi connectivity index (χ0n) is 10.4. The number of aryl methyl sites for hydroxylation is 1. The van der Waals surface area contributed by atoms with Crippen molar-refractivity contribution in [2.24, 2.45) is 5.73 Å². The lowest BCUT2D eigenvalue weighted by molar-refractivity contribution is -0.143. The molecule has 3 N–H and O–H groups in total. The van der Waals surface area contributed by atoms with Crippen molar-refractivity contribution in [3.05, 3.63) is 29.8 Å². The molecule has 0 spiro atoms. The number of ether oxygens (including phenoxy) is 1. The van der Waals surface area contributed by atoms with Gasteiger partial charge in [0.2, 0.25) is 5.91 Å². The topological polar surface area (TPSA) is 81.4 Å². The molecule has 1 aromatic carbocycles. The van der Waals surface area contributed by atoms with Gasteiger partial charge in [-0.25, -0.2) is 0 Å². The van der Waals surface area contributed by atoms with Crippen LogP contribution in [0.15, 0.2) is 24.3 Å². The van der Waals surface area contributed by atoms with Gasteiger partial charge >= 0.3 is 5.97 Å². The van der Waals surface area contributed by atoms with Crippen LogP contribution in [-0.4, -0.2) is 25.0 Å². The van der Waals surface area contributed by atoms with E-state index >= 15 is 0 Å². The van der Waals surface area contributed by atoms with E-state index in [0.29, 0.717) is 25.1 Å². The van der Waals surface area contributed by atoms with Gasteiger partial charge in [-0.3, -0.25) is 9.59 Å². The minimum Gasteiger partial charge on any atom is -0.466 e. The maximum absolute atomic E-state index is 11.2. The molecule has 0 aromatic heterocycles. The molecular weight excluding hydrogens is 232 g/mol. The van der Waals surface area contributed by atoms with Crippen LogP contribution in [0.2, 0.25) is 0 Å². The first-order valence-electron chi connectivity index (χ1n) is 5.90. The van der Waals surface area contributed by atoms with E-state index in [-0.39, 0.29) is 18.4 Å². The van der Waals surface area contributed by atoms with E-state index in [4.69, 9.17) is 10.5 Å². The van der Waals surface area contributed by atoms with Gasteiger partial charge in [0.15, 0.2) is 0 Å². The second kappa shape index (κ2) is 7.45. The highest BCUT2D eigenvalue weighted by Crippen LogP contribution is 2.12. The summed E-state index contributed by atoms with van der Waals surface area (Å²) in [5.41, 5.74) is 6.87. The fourth-order valence-corrected chi connectivity index (χ4v) is 1.50. The Morgan fingerprint density at radius 3 is 2.83 bits per heavy atom. The second-order valence-corrected chi connectivity index (χ2v) is 3.76. The lowest BCUT2D eigenvalue weighted by atomic mass is 10.1. The predicted octanol–water partition coefficient (Wildman–Crippen LogP) is 1.08. The number of anilines is 1. The zero-order valence-corrected chi connectivity index (χ0v) is 10.4. The molecule has 0 aliphatic heterocycles. The standard InChI is InChI=1S/C13H18N2O3/c1-2-18-13(17)7-6-10-4-3-5-11(8-10)15-12(16)9-14/h3-5,8H,2,6-7,9,14H2,1H3,(H,15,16). The number of nitrogens with one attached hydrogen (secondary N) is 1. The smallest absolute Gasteiger partial charge is 0.306 e. The van der Waals surface area contributed by atoms with Crippen molar-refractivity contribution >= 4 is 17.6 Å². The molecule has 0 aliphatic carbocycles. The van der Waals surface area contributed by atoms with Crippen LogP contribution in [0.1, 0.15) is 18.9 Å². The number of rotatable bonds is 6. The second-order valence-electron chi connectivity index (χ2n) is 3.76. The summed E-state index contributed by atoms with van der Waals surface area (Å²) in [4.78, 5) is 22.4. The van der Waals surface area contributed by atoms with Crippen LogP contribution in [0.4, 0.5) is 5.69 Å². The molecule has 0 unspecified atom stereocenters. The molecule has 0 aliphatic rings. The molecule has 0 radical (unpaired) electrons. The molecule has 0 saturated heterocycles. The molecule has 1 rings (SSSR count). The molecule has 5 nitrogen and oxygen atoms in total. The van der Waals surface area contributed by atoms with Crippen LogP contribution in [0, 0.1) is 0 Å². The van der Waals surface area contributed by atoms with Gasteiger partial charge in [0.25, 0.3) is 0 Å². The number of carbonyl (C=O) groups excluding carboxylic acids is 2. The average molecular weight is 250 g/mol. The first-order valence-corrected chi connectivity index (χ1v) is 5.90. The number of benzene rings is 1. The van der Waals surface area contributed by atoms with E-state index in [2.05, 4.69) is 5.32 Å². The van der Waals surface area contributed by atoms with Crippen molar-refractivity contribution in [3.8, 4) is 0 Å². The summed E-state index contributed by atoms with van der Waals surface area (Å²) in [6, 6.07) is 7.33. The molecule has 0 atom stereocenters. The Labute approximate surface area is 106 Å². The Balaban J connectivity index is 2.54. The normalized spacial score (nSPS) is 9.89. The Morgan fingerprint density at radius 1 is 1.39 bits per heavy atom. The summed E-state index contributed by atoms with van der Waals surface area (Å²) >= 11 is 0. The lowest BCUT2D eigenvalue weighted by Crippen LogP contribution is -2.21. The predicted molar refractivity (Wildman–Crippen MR) is 69.1 cm³/mol. The fraction of sp³-hybridized carbons (Fsp3) is 0.385. The van der Waals surface area contributed by atoms with Gasteiger partial charge in [-0.15, -0.1) is 0 Å². The third kappa shape index (κ3) is 4.97. The van der Waals surface area contributed by atoms with Gasteiger partial charge in [-0.05, 0) is 31.0 Å². The van der Waals surface area contributed by atoms with Crippen molar-refractivity contribution in [1.29, 1.82) is 0 Å². The van der Waals surface area contributed by atoms with Crippen molar-refractivity contribution in [3.63, 3.8) is 0 Å². The van der Waals surface area contributed by atoms with Crippen molar-refractivity contribution < 1.29 is 14.3 Å². The number of hydrogen-bond acceptors (Lipinski definition) is 4. The number of amides is 1. The largest absolute Gasteiger partial charge is 0.466 e. The maximum Gasteiger partial charge on any atom is 0.306 e. The van der Waals surface area contributed by atoms with Crippen molar-refractivity contribution in [2.75, 3.05) is 18.5 Å². The average Bonchev–Trinajstić information content (AvgIpc) is 2.37. The molecule has 1 aromatic rings. The quantitative estimate of drug-likeness (QED) is 0.740. The summed E-state index contributed by atoms with van der Waals surface area (Å²) < 4.78 is 4.85. The number of nitrogens with two attached hydrogens (primary N) is 1. The van der Waals surface area contributed by atoms with E-state index in [1.165, 1.54) is 0 Å². The molecular formula is C13H18N2O3. The van der Waals surface area contributed by atoms with Gasteiger partial charge in [0, 0.05) is 12.1 Å². The minimum absolute atomic E-state index is 0.0486. The third-order valence-electron chi connectivity index (χ3n) is 2.32. The zero-order chi connectivity index (χ0) is 13.4. The minimum atomic E-state index is -0.238. The number of carbonyl (C=O) groups is 2. The first kappa shape index (κ1) is 14.2. The SMILES string of the molecule is CCOC(=O)CCc1cccc(NC(=O)CN)c1. The van der Waals surface area contributed by atoms with Crippen LogP contribution >= 0.6 is 0 Å². The highest BCUT2D eigenvalue weighted by Gasteiger charge is 2.04.